The lowest BCUT2D eigenvalue weighted by Gasteiger charge is -2.26. The summed E-state index contributed by atoms with van der Waals surface area (Å²) in [6.07, 6.45) is 4.00. The molecule has 1 saturated heterocycles. The first-order chi connectivity index (χ1) is 11.1. The van der Waals surface area contributed by atoms with E-state index >= 15 is 0 Å². The van der Waals surface area contributed by atoms with Gasteiger partial charge < -0.3 is 14.3 Å². The molecule has 130 valence electrons. The Bertz CT molecular complexity index is 496. The molecule has 0 aliphatic carbocycles. The van der Waals surface area contributed by atoms with Crippen LogP contribution in [0.2, 0.25) is 0 Å². The van der Waals surface area contributed by atoms with Gasteiger partial charge in [-0.3, -0.25) is 9.69 Å². The van der Waals surface area contributed by atoms with Gasteiger partial charge in [-0.05, 0) is 37.4 Å². The maximum absolute atomic E-state index is 12.6. The molecular weight excluding hydrogens is 294 g/mol. The smallest absolute Gasteiger partial charge is 0.265 e. The van der Waals surface area contributed by atoms with Crippen molar-refractivity contribution in [2.24, 2.45) is 0 Å². The predicted octanol–water partition coefficient (Wildman–Crippen LogP) is 1.92. The maximum Gasteiger partial charge on any atom is 0.265 e. The van der Waals surface area contributed by atoms with Gasteiger partial charge in [-0.2, -0.15) is 4.98 Å². The summed E-state index contributed by atoms with van der Waals surface area (Å²) in [5.41, 5.74) is 0. The summed E-state index contributed by atoms with van der Waals surface area (Å²) in [6, 6.07) is 0.0604. The number of aromatic nitrogens is 2. The van der Waals surface area contributed by atoms with Gasteiger partial charge in [0.2, 0.25) is 11.8 Å². The first-order valence-corrected chi connectivity index (χ1v) is 8.59. The van der Waals surface area contributed by atoms with E-state index in [4.69, 9.17) is 4.52 Å². The highest BCUT2D eigenvalue weighted by Gasteiger charge is 2.32. The minimum Gasteiger partial charge on any atom is -0.344 e. The maximum atomic E-state index is 12.6. The molecule has 1 aromatic heterocycles. The molecule has 0 aromatic carbocycles. The van der Waals surface area contributed by atoms with Crippen molar-refractivity contribution in [1.82, 2.24) is 19.9 Å². The third-order valence-electron chi connectivity index (χ3n) is 4.16. The summed E-state index contributed by atoms with van der Waals surface area (Å²) < 4.78 is 5.41. The lowest BCUT2D eigenvalue weighted by Crippen LogP contribution is -2.41. The summed E-state index contributed by atoms with van der Waals surface area (Å²) in [5.74, 6) is 1.40. The number of anilines is 1. The van der Waals surface area contributed by atoms with Crippen LogP contribution in [0.5, 0.6) is 0 Å². The minimum absolute atomic E-state index is 0.0604. The highest BCUT2D eigenvalue weighted by molar-refractivity contribution is 5.78. The Balaban J connectivity index is 2.01. The van der Waals surface area contributed by atoms with Crippen molar-refractivity contribution in [2.45, 2.75) is 45.6 Å². The Morgan fingerprint density at radius 1 is 1.30 bits per heavy atom. The van der Waals surface area contributed by atoms with E-state index in [2.05, 4.69) is 28.9 Å². The lowest BCUT2D eigenvalue weighted by atomic mass is 10.2. The zero-order valence-corrected chi connectivity index (χ0v) is 14.8. The molecule has 1 aromatic rings. The molecule has 1 fully saturated rings. The van der Waals surface area contributed by atoms with Gasteiger partial charge in [-0.1, -0.05) is 13.8 Å². The first-order valence-electron chi connectivity index (χ1n) is 8.59. The number of hydrogen-bond acceptors (Lipinski definition) is 6. The molecule has 0 N–H and O–H groups in total. The Kier molecular flexibility index (Phi) is 6.38. The molecular formula is C16H29N5O2. The summed E-state index contributed by atoms with van der Waals surface area (Å²) in [7, 11) is 3.77. The number of nitrogens with zero attached hydrogens (tertiary/aromatic N) is 5. The fourth-order valence-electron chi connectivity index (χ4n) is 3.01. The molecule has 0 saturated carbocycles. The van der Waals surface area contributed by atoms with E-state index in [9.17, 15) is 4.79 Å². The van der Waals surface area contributed by atoms with Gasteiger partial charge in [0, 0.05) is 27.2 Å². The number of carbonyl (C=O) groups is 1. The van der Waals surface area contributed by atoms with Gasteiger partial charge in [0.05, 0.1) is 12.6 Å². The van der Waals surface area contributed by atoms with Crippen LogP contribution in [0.1, 0.15) is 51.5 Å². The number of carbonyl (C=O) groups excluding carboxylic acids is 1. The molecule has 0 bridgehead atoms. The quantitative estimate of drug-likeness (QED) is 0.728. The zero-order chi connectivity index (χ0) is 16.8. The Labute approximate surface area is 138 Å². The second-order valence-corrected chi connectivity index (χ2v) is 6.34. The fraction of sp³-hybridized carbons (Fsp3) is 0.812. The van der Waals surface area contributed by atoms with Crippen LogP contribution < -0.4 is 4.90 Å². The van der Waals surface area contributed by atoms with Gasteiger partial charge in [0.25, 0.3) is 5.95 Å². The Morgan fingerprint density at radius 2 is 2.00 bits per heavy atom. The van der Waals surface area contributed by atoms with E-state index in [0.717, 1.165) is 45.3 Å². The normalized spacial score (nSPS) is 18.3. The highest BCUT2D eigenvalue weighted by Crippen LogP contribution is 2.31. The first kappa shape index (κ1) is 17.7. The summed E-state index contributed by atoms with van der Waals surface area (Å²) in [5, 5.41) is 3.99. The van der Waals surface area contributed by atoms with Crippen molar-refractivity contribution in [3.8, 4) is 0 Å². The molecule has 23 heavy (non-hydrogen) atoms. The molecule has 7 nitrogen and oxygen atoms in total. The molecule has 2 heterocycles. The van der Waals surface area contributed by atoms with Crippen LogP contribution in [0.3, 0.4) is 0 Å². The SMILES string of the molecule is CCCN(CCC)C(=O)CN1CCC[C@@H]1c1nc(N(C)C)no1. The van der Waals surface area contributed by atoms with Gasteiger partial charge >= 0.3 is 0 Å². The van der Waals surface area contributed by atoms with Crippen LogP contribution >= 0.6 is 0 Å². The van der Waals surface area contributed by atoms with Gasteiger partial charge in [0.1, 0.15) is 0 Å². The standard InChI is InChI=1S/C16H29N5O2/c1-5-9-20(10-6-2)14(22)12-21-11-7-8-13(21)15-17-16(18-23-15)19(3)4/h13H,5-12H2,1-4H3/t13-/m1/s1. The molecule has 0 radical (unpaired) electrons. The molecule has 1 amide bonds. The molecule has 1 atom stereocenters. The minimum atomic E-state index is 0.0604. The fourth-order valence-corrected chi connectivity index (χ4v) is 3.01. The second-order valence-electron chi connectivity index (χ2n) is 6.34. The van der Waals surface area contributed by atoms with Crippen molar-refractivity contribution < 1.29 is 9.32 Å². The third kappa shape index (κ3) is 4.43. The third-order valence-corrected chi connectivity index (χ3v) is 4.16. The Hall–Kier alpha value is -1.63. The largest absolute Gasteiger partial charge is 0.344 e. The van der Waals surface area contributed by atoms with E-state index in [1.807, 2.05) is 23.9 Å². The van der Waals surface area contributed by atoms with Crippen LogP contribution in [0.25, 0.3) is 0 Å². The van der Waals surface area contributed by atoms with Crippen molar-refractivity contribution in [1.29, 1.82) is 0 Å². The van der Waals surface area contributed by atoms with Gasteiger partial charge in [-0.25, -0.2) is 0 Å². The summed E-state index contributed by atoms with van der Waals surface area (Å²) in [6.45, 7) is 7.21. The molecule has 0 unspecified atom stereocenters. The number of rotatable bonds is 8. The van der Waals surface area contributed by atoms with Crippen molar-refractivity contribution >= 4 is 11.9 Å². The van der Waals surface area contributed by atoms with Crippen LogP contribution in [0, 0.1) is 0 Å². The molecule has 7 heteroatoms. The Morgan fingerprint density at radius 3 is 2.57 bits per heavy atom. The van der Waals surface area contributed by atoms with Crippen molar-refractivity contribution in [3.05, 3.63) is 5.89 Å². The second kappa shape index (κ2) is 8.29. The molecule has 0 spiro atoms. The van der Waals surface area contributed by atoms with Crippen LogP contribution in [-0.4, -0.2) is 66.1 Å². The van der Waals surface area contributed by atoms with Gasteiger partial charge in [-0.15, -0.1) is 0 Å². The van der Waals surface area contributed by atoms with Crippen molar-refractivity contribution in [2.75, 3.05) is 45.2 Å². The van der Waals surface area contributed by atoms with E-state index in [-0.39, 0.29) is 11.9 Å². The summed E-state index contributed by atoms with van der Waals surface area (Å²) in [4.78, 5) is 23.0. The lowest BCUT2D eigenvalue weighted by molar-refractivity contribution is -0.132. The van der Waals surface area contributed by atoms with E-state index in [0.29, 0.717) is 18.4 Å². The van der Waals surface area contributed by atoms with E-state index in [1.54, 1.807) is 0 Å². The zero-order valence-electron chi connectivity index (χ0n) is 14.8. The van der Waals surface area contributed by atoms with Crippen LogP contribution in [0.4, 0.5) is 5.95 Å². The van der Waals surface area contributed by atoms with Crippen LogP contribution in [0.15, 0.2) is 4.52 Å². The number of amides is 1. The molecule has 2 rings (SSSR count). The van der Waals surface area contributed by atoms with Gasteiger partial charge in [0.15, 0.2) is 0 Å². The molecule has 1 aliphatic rings. The average molecular weight is 323 g/mol. The molecule has 1 aliphatic heterocycles. The van der Waals surface area contributed by atoms with Crippen LogP contribution in [-0.2, 0) is 4.79 Å². The predicted molar refractivity (Wildman–Crippen MR) is 89.3 cm³/mol. The van der Waals surface area contributed by atoms with E-state index < -0.39 is 0 Å². The van der Waals surface area contributed by atoms with E-state index in [1.165, 1.54) is 0 Å². The summed E-state index contributed by atoms with van der Waals surface area (Å²) >= 11 is 0. The topological polar surface area (TPSA) is 65.7 Å². The monoisotopic (exact) mass is 323 g/mol. The highest BCUT2D eigenvalue weighted by atomic mass is 16.5. The number of likely N-dealkylation sites (tertiary alicyclic amines) is 1. The number of hydrogen-bond donors (Lipinski definition) is 0. The average Bonchev–Trinajstić information content (AvgIpc) is 3.15. The van der Waals surface area contributed by atoms with Crippen molar-refractivity contribution in [3.63, 3.8) is 0 Å².